The first kappa shape index (κ1) is 15.1. The number of hydrogen-bond acceptors (Lipinski definition) is 3. The molecule has 0 amide bonds. The fourth-order valence-corrected chi connectivity index (χ4v) is 3.36. The van der Waals surface area contributed by atoms with E-state index in [0.29, 0.717) is 12.1 Å². The van der Waals surface area contributed by atoms with Gasteiger partial charge >= 0.3 is 0 Å². The van der Waals surface area contributed by atoms with Crippen molar-refractivity contribution in [3.63, 3.8) is 0 Å². The number of nitrogens with one attached hydrogen (secondary N) is 1. The molecular formula is C17H26ClN3. The predicted octanol–water partition coefficient (Wildman–Crippen LogP) is 4.15. The first-order chi connectivity index (χ1) is 10.3. The van der Waals surface area contributed by atoms with Crippen LogP contribution < -0.4 is 10.2 Å². The highest BCUT2D eigenvalue weighted by Gasteiger charge is 2.23. The highest BCUT2D eigenvalue weighted by atomic mass is 35.5. The second kappa shape index (κ2) is 6.97. The summed E-state index contributed by atoms with van der Waals surface area (Å²) in [5, 5.41) is 4.30. The molecule has 21 heavy (non-hydrogen) atoms. The molecule has 2 heterocycles. The average Bonchev–Trinajstić information content (AvgIpc) is 3.33. The molecule has 0 bridgehead atoms. The van der Waals surface area contributed by atoms with Crippen LogP contribution in [0.5, 0.6) is 0 Å². The lowest BCUT2D eigenvalue weighted by Crippen LogP contribution is -2.35. The van der Waals surface area contributed by atoms with E-state index in [1.165, 1.54) is 44.9 Å². The number of hydrogen-bond donors (Lipinski definition) is 1. The van der Waals surface area contributed by atoms with Crippen LogP contribution in [-0.4, -0.2) is 23.6 Å². The van der Waals surface area contributed by atoms with Crippen molar-refractivity contribution in [3.05, 3.63) is 22.8 Å². The molecule has 1 saturated carbocycles. The SMILES string of the molecule is CCC1CCCCCN1c1ccc(Cl)c(CNC2CC2)n1. The van der Waals surface area contributed by atoms with Gasteiger partial charge in [0.05, 0.1) is 10.7 Å². The molecule has 1 aromatic rings. The lowest BCUT2D eigenvalue weighted by atomic mass is 10.1. The summed E-state index contributed by atoms with van der Waals surface area (Å²) < 4.78 is 0. The van der Waals surface area contributed by atoms with Gasteiger partial charge in [0.25, 0.3) is 0 Å². The Labute approximate surface area is 133 Å². The molecule has 1 aliphatic carbocycles. The summed E-state index contributed by atoms with van der Waals surface area (Å²) >= 11 is 6.32. The first-order valence-corrected chi connectivity index (χ1v) is 8.81. The highest BCUT2D eigenvalue weighted by Crippen LogP contribution is 2.27. The van der Waals surface area contributed by atoms with Gasteiger partial charge in [-0.05, 0) is 44.2 Å². The van der Waals surface area contributed by atoms with Gasteiger partial charge in [-0.15, -0.1) is 0 Å². The monoisotopic (exact) mass is 307 g/mol. The molecule has 1 aliphatic heterocycles. The molecule has 1 atom stereocenters. The number of halogens is 1. The standard InChI is InChI=1S/C17H26ClN3/c1-2-14-6-4-3-5-11-21(14)17-10-9-15(18)16(20-17)12-19-13-7-8-13/h9-10,13-14,19H,2-8,11-12H2,1H3. The second-order valence-corrected chi connectivity index (χ2v) is 6.77. The van der Waals surface area contributed by atoms with Crippen LogP contribution in [-0.2, 0) is 6.54 Å². The van der Waals surface area contributed by atoms with Gasteiger partial charge in [-0.25, -0.2) is 4.98 Å². The van der Waals surface area contributed by atoms with E-state index in [1.54, 1.807) is 0 Å². The van der Waals surface area contributed by atoms with E-state index in [4.69, 9.17) is 16.6 Å². The van der Waals surface area contributed by atoms with Crippen molar-refractivity contribution in [1.82, 2.24) is 10.3 Å². The lowest BCUT2D eigenvalue weighted by molar-refractivity contribution is 0.551. The van der Waals surface area contributed by atoms with Crippen molar-refractivity contribution in [1.29, 1.82) is 0 Å². The Hall–Kier alpha value is -0.800. The molecule has 1 saturated heterocycles. The van der Waals surface area contributed by atoms with Crippen molar-refractivity contribution >= 4 is 17.4 Å². The van der Waals surface area contributed by atoms with Gasteiger partial charge < -0.3 is 10.2 Å². The van der Waals surface area contributed by atoms with Crippen molar-refractivity contribution in [2.75, 3.05) is 11.4 Å². The van der Waals surface area contributed by atoms with Crippen molar-refractivity contribution in [3.8, 4) is 0 Å². The van der Waals surface area contributed by atoms with Crippen molar-refractivity contribution < 1.29 is 0 Å². The van der Waals surface area contributed by atoms with E-state index >= 15 is 0 Å². The summed E-state index contributed by atoms with van der Waals surface area (Å²) in [5.41, 5.74) is 1.00. The zero-order chi connectivity index (χ0) is 14.7. The Morgan fingerprint density at radius 3 is 2.86 bits per heavy atom. The maximum Gasteiger partial charge on any atom is 0.129 e. The molecule has 3 nitrogen and oxygen atoms in total. The van der Waals surface area contributed by atoms with Gasteiger partial charge in [-0.3, -0.25) is 0 Å². The minimum absolute atomic E-state index is 0.630. The minimum Gasteiger partial charge on any atom is -0.354 e. The van der Waals surface area contributed by atoms with Crippen LogP contribution in [0.2, 0.25) is 5.02 Å². The summed E-state index contributed by atoms with van der Waals surface area (Å²) in [7, 11) is 0. The summed E-state index contributed by atoms with van der Waals surface area (Å²) in [6, 6.07) is 5.43. The normalized spacial score (nSPS) is 23.1. The molecule has 2 aliphatic rings. The average molecular weight is 308 g/mol. The van der Waals surface area contributed by atoms with E-state index in [9.17, 15) is 0 Å². The van der Waals surface area contributed by atoms with Gasteiger partial charge in [-0.2, -0.15) is 0 Å². The number of anilines is 1. The Kier molecular flexibility index (Phi) is 5.02. The first-order valence-electron chi connectivity index (χ1n) is 8.43. The maximum atomic E-state index is 6.32. The zero-order valence-electron chi connectivity index (χ0n) is 12.9. The lowest BCUT2D eigenvalue weighted by Gasteiger charge is -2.30. The van der Waals surface area contributed by atoms with E-state index in [0.717, 1.165) is 29.6 Å². The topological polar surface area (TPSA) is 28.2 Å². The van der Waals surface area contributed by atoms with E-state index in [1.807, 2.05) is 6.07 Å². The van der Waals surface area contributed by atoms with Crippen LogP contribution >= 0.6 is 11.6 Å². The quantitative estimate of drug-likeness (QED) is 0.886. The van der Waals surface area contributed by atoms with Crippen molar-refractivity contribution in [2.45, 2.75) is 70.5 Å². The number of nitrogens with zero attached hydrogens (tertiary/aromatic N) is 2. The van der Waals surface area contributed by atoms with Gasteiger partial charge in [0, 0.05) is 25.2 Å². The third-order valence-corrected chi connectivity index (χ3v) is 5.03. The zero-order valence-corrected chi connectivity index (χ0v) is 13.7. The minimum atomic E-state index is 0.630. The molecule has 1 N–H and O–H groups in total. The maximum absolute atomic E-state index is 6.32. The molecule has 1 aromatic heterocycles. The summed E-state index contributed by atoms with van der Waals surface area (Å²) in [6.07, 6.45) is 9.03. The van der Waals surface area contributed by atoms with Gasteiger partial charge in [0.15, 0.2) is 0 Å². The molecule has 0 spiro atoms. The molecule has 0 aromatic carbocycles. The molecule has 3 rings (SSSR count). The Morgan fingerprint density at radius 2 is 2.10 bits per heavy atom. The number of pyridine rings is 1. The Morgan fingerprint density at radius 1 is 1.24 bits per heavy atom. The molecule has 116 valence electrons. The molecule has 1 unspecified atom stereocenters. The van der Waals surface area contributed by atoms with E-state index in [2.05, 4.69) is 23.2 Å². The van der Waals surface area contributed by atoms with E-state index in [-0.39, 0.29) is 0 Å². The predicted molar refractivity (Wildman–Crippen MR) is 89.0 cm³/mol. The third kappa shape index (κ3) is 3.89. The summed E-state index contributed by atoms with van der Waals surface area (Å²) in [6.45, 7) is 4.21. The van der Waals surface area contributed by atoms with Crippen LogP contribution in [0.4, 0.5) is 5.82 Å². The summed E-state index contributed by atoms with van der Waals surface area (Å²) in [4.78, 5) is 7.37. The van der Waals surface area contributed by atoms with Crippen LogP contribution in [0.3, 0.4) is 0 Å². The van der Waals surface area contributed by atoms with Crippen LogP contribution in [0.25, 0.3) is 0 Å². The van der Waals surface area contributed by atoms with Gasteiger partial charge in [-0.1, -0.05) is 31.4 Å². The molecule has 4 heteroatoms. The second-order valence-electron chi connectivity index (χ2n) is 6.36. The molecule has 0 radical (unpaired) electrons. The van der Waals surface area contributed by atoms with Gasteiger partial charge in [0.2, 0.25) is 0 Å². The third-order valence-electron chi connectivity index (χ3n) is 4.68. The Bertz CT molecular complexity index is 473. The van der Waals surface area contributed by atoms with Crippen molar-refractivity contribution in [2.24, 2.45) is 0 Å². The van der Waals surface area contributed by atoms with Gasteiger partial charge in [0.1, 0.15) is 5.82 Å². The number of aromatic nitrogens is 1. The highest BCUT2D eigenvalue weighted by molar-refractivity contribution is 6.31. The smallest absolute Gasteiger partial charge is 0.129 e. The fraction of sp³-hybridized carbons (Fsp3) is 0.706. The summed E-state index contributed by atoms with van der Waals surface area (Å²) in [5.74, 6) is 1.11. The Balaban J connectivity index is 1.77. The van der Waals surface area contributed by atoms with E-state index < -0.39 is 0 Å². The fourth-order valence-electron chi connectivity index (χ4n) is 3.19. The molecular weight excluding hydrogens is 282 g/mol. The van der Waals surface area contributed by atoms with Crippen LogP contribution in [0.1, 0.15) is 57.6 Å². The largest absolute Gasteiger partial charge is 0.354 e. The molecule has 2 fully saturated rings. The van der Waals surface area contributed by atoms with Crippen LogP contribution in [0, 0.1) is 0 Å². The number of rotatable bonds is 5. The van der Waals surface area contributed by atoms with Crippen LogP contribution in [0.15, 0.2) is 12.1 Å².